The van der Waals surface area contributed by atoms with Crippen LogP contribution < -0.4 is 5.32 Å². The van der Waals surface area contributed by atoms with Gasteiger partial charge in [0.25, 0.3) is 0 Å². The van der Waals surface area contributed by atoms with Gasteiger partial charge in [-0.3, -0.25) is 0 Å². The summed E-state index contributed by atoms with van der Waals surface area (Å²) in [7, 11) is 2.34. The fourth-order valence-corrected chi connectivity index (χ4v) is 4.49. The molecule has 0 aromatic heterocycles. The van der Waals surface area contributed by atoms with E-state index >= 15 is 0 Å². The summed E-state index contributed by atoms with van der Waals surface area (Å²) in [4.78, 5) is 2.62. The van der Waals surface area contributed by atoms with Gasteiger partial charge in [-0.05, 0) is 64.6 Å². The standard InChI is InChI=1S/C15H30N2S/c1-13-3-5-14(6-4-13)17(2)11-12-18-15-7-9-16-10-8-15/h13-16H,3-12H2,1-2H3. The number of hydrogen-bond donors (Lipinski definition) is 1. The zero-order chi connectivity index (χ0) is 12.8. The predicted octanol–water partition coefficient (Wildman–Crippen LogP) is 2.98. The van der Waals surface area contributed by atoms with Crippen molar-refractivity contribution in [2.24, 2.45) is 5.92 Å². The van der Waals surface area contributed by atoms with E-state index in [4.69, 9.17) is 0 Å². The van der Waals surface area contributed by atoms with E-state index in [9.17, 15) is 0 Å². The molecule has 0 unspecified atom stereocenters. The van der Waals surface area contributed by atoms with Gasteiger partial charge in [-0.25, -0.2) is 0 Å². The lowest BCUT2D eigenvalue weighted by molar-refractivity contribution is 0.178. The van der Waals surface area contributed by atoms with E-state index in [1.807, 2.05) is 0 Å². The summed E-state index contributed by atoms with van der Waals surface area (Å²) in [5.41, 5.74) is 0. The molecule has 2 aliphatic rings. The lowest BCUT2D eigenvalue weighted by Gasteiger charge is -2.34. The van der Waals surface area contributed by atoms with Gasteiger partial charge in [-0.1, -0.05) is 6.92 Å². The Labute approximate surface area is 117 Å². The first kappa shape index (κ1) is 14.7. The summed E-state index contributed by atoms with van der Waals surface area (Å²) in [5.74, 6) is 2.30. The fourth-order valence-electron chi connectivity index (χ4n) is 3.19. The maximum absolute atomic E-state index is 3.45. The summed E-state index contributed by atoms with van der Waals surface area (Å²) in [5, 5.41) is 4.37. The molecule has 0 amide bonds. The van der Waals surface area contributed by atoms with Gasteiger partial charge in [0.1, 0.15) is 0 Å². The molecule has 1 saturated heterocycles. The predicted molar refractivity (Wildman–Crippen MR) is 82.4 cm³/mol. The molecule has 2 rings (SSSR count). The monoisotopic (exact) mass is 270 g/mol. The third-order valence-corrected chi connectivity index (χ3v) is 6.05. The van der Waals surface area contributed by atoms with Gasteiger partial charge >= 0.3 is 0 Å². The van der Waals surface area contributed by atoms with Gasteiger partial charge in [0.15, 0.2) is 0 Å². The minimum absolute atomic E-state index is 0.870. The molecule has 106 valence electrons. The molecule has 1 N–H and O–H groups in total. The highest BCUT2D eigenvalue weighted by Crippen LogP contribution is 2.27. The summed E-state index contributed by atoms with van der Waals surface area (Å²) in [6, 6.07) is 0.870. The molecule has 1 aliphatic heterocycles. The van der Waals surface area contributed by atoms with Crippen molar-refractivity contribution in [1.82, 2.24) is 10.2 Å². The van der Waals surface area contributed by atoms with Crippen LogP contribution in [0.25, 0.3) is 0 Å². The van der Waals surface area contributed by atoms with Gasteiger partial charge in [-0.2, -0.15) is 11.8 Å². The Kier molecular flexibility index (Phi) is 6.33. The van der Waals surface area contributed by atoms with Crippen molar-refractivity contribution in [3.63, 3.8) is 0 Å². The molecule has 0 spiro atoms. The topological polar surface area (TPSA) is 15.3 Å². The quantitative estimate of drug-likeness (QED) is 0.827. The van der Waals surface area contributed by atoms with Crippen molar-refractivity contribution in [3.8, 4) is 0 Å². The average Bonchev–Trinajstić information content (AvgIpc) is 2.40. The zero-order valence-electron chi connectivity index (χ0n) is 12.2. The molecule has 1 heterocycles. The molecule has 0 aromatic carbocycles. The van der Waals surface area contributed by atoms with E-state index in [0.29, 0.717) is 0 Å². The van der Waals surface area contributed by atoms with Crippen LogP contribution >= 0.6 is 11.8 Å². The van der Waals surface area contributed by atoms with E-state index in [1.165, 1.54) is 63.9 Å². The van der Waals surface area contributed by atoms with Crippen LogP contribution in [0.1, 0.15) is 45.4 Å². The van der Waals surface area contributed by atoms with Crippen LogP contribution in [0.5, 0.6) is 0 Å². The first-order valence-corrected chi connectivity index (χ1v) is 8.83. The summed E-state index contributed by atoms with van der Waals surface area (Å²) < 4.78 is 0. The second-order valence-corrected chi connectivity index (χ2v) is 7.62. The number of rotatable bonds is 5. The van der Waals surface area contributed by atoms with Crippen molar-refractivity contribution in [3.05, 3.63) is 0 Å². The minimum atomic E-state index is 0.870. The number of thioether (sulfide) groups is 1. The Morgan fingerprint density at radius 3 is 2.39 bits per heavy atom. The molecule has 0 bridgehead atoms. The highest BCUT2D eigenvalue weighted by Gasteiger charge is 2.21. The Bertz CT molecular complexity index is 221. The van der Waals surface area contributed by atoms with Gasteiger partial charge in [0.2, 0.25) is 0 Å². The van der Waals surface area contributed by atoms with Crippen molar-refractivity contribution in [2.75, 3.05) is 32.4 Å². The second kappa shape index (κ2) is 7.76. The Morgan fingerprint density at radius 2 is 1.72 bits per heavy atom. The summed E-state index contributed by atoms with van der Waals surface area (Å²) in [6.07, 6.45) is 8.48. The van der Waals surface area contributed by atoms with Crippen LogP contribution in [0.3, 0.4) is 0 Å². The Balaban J connectivity index is 1.57. The van der Waals surface area contributed by atoms with E-state index in [-0.39, 0.29) is 0 Å². The number of piperidine rings is 1. The molecule has 2 fully saturated rings. The zero-order valence-corrected chi connectivity index (χ0v) is 13.0. The van der Waals surface area contributed by atoms with E-state index in [0.717, 1.165) is 17.2 Å². The number of hydrogen-bond acceptors (Lipinski definition) is 3. The third-order valence-electron chi connectivity index (χ3n) is 4.69. The SMILES string of the molecule is CC1CCC(N(C)CCSC2CCNCC2)CC1. The average molecular weight is 270 g/mol. The van der Waals surface area contributed by atoms with Gasteiger partial charge in [0.05, 0.1) is 0 Å². The molecule has 0 atom stereocenters. The summed E-state index contributed by atoms with van der Waals surface area (Å²) in [6.45, 7) is 6.15. The highest BCUT2D eigenvalue weighted by molar-refractivity contribution is 7.99. The smallest absolute Gasteiger partial charge is 0.00927 e. The first-order chi connectivity index (χ1) is 8.75. The van der Waals surface area contributed by atoms with Crippen LogP contribution in [0.15, 0.2) is 0 Å². The molecular weight excluding hydrogens is 240 g/mol. The van der Waals surface area contributed by atoms with Crippen molar-refractivity contribution < 1.29 is 0 Å². The molecule has 18 heavy (non-hydrogen) atoms. The van der Waals surface area contributed by atoms with Crippen LogP contribution in [-0.4, -0.2) is 48.6 Å². The summed E-state index contributed by atoms with van der Waals surface area (Å²) >= 11 is 2.21. The largest absolute Gasteiger partial charge is 0.317 e. The van der Waals surface area contributed by atoms with Crippen LogP contribution in [0.2, 0.25) is 0 Å². The molecule has 1 saturated carbocycles. The number of nitrogens with zero attached hydrogens (tertiary/aromatic N) is 1. The fraction of sp³-hybridized carbons (Fsp3) is 1.00. The van der Waals surface area contributed by atoms with Crippen LogP contribution in [0.4, 0.5) is 0 Å². The minimum Gasteiger partial charge on any atom is -0.317 e. The molecule has 3 heteroatoms. The highest BCUT2D eigenvalue weighted by atomic mass is 32.2. The maximum atomic E-state index is 3.45. The second-order valence-electron chi connectivity index (χ2n) is 6.21. The van der Waals surface area contributed by atoms with Gasteiger partial charge in [0, 0.05) is 23.6 Å². The maximum Gasteiger partial charge on any atom is 0.00927 e. The normalized spacial score (nSPS) is 30.8. The first-order valence-electron chi connectivity index (χ1n) is 7.78. The molecule has 2 nitrogen and oxygen atoms in total. The van der Waals surface area contributed by atoms with Crippen molar-refractivity contribution in [2.45, 2.75) is 56.7 Å². The van der Waals surface area contributed by atoms with Gasteiger partial charge < -0.3 is 10.2 Å². The Morgan fingerprint density at radius 1 is 1.06 bits per heavy atom. The molecule has 0 aromatic rings. The van der Waals surface area contributed by atoms with Crippen molar-refractivity contribution >= 4 is 11.8 Å². The van der Waals surface area contributed by atoms with E-state index in [1.54, 1.807) is 0 Å². The van der Waals surface area contributed by atoms with E-state index in [2.05, 4.69) is 35.9 Å². The molecule has 0 radical (unpaired) electrons. The molecule has 1 aliphatic carbocycles. The van der Waals surface area contributed by atoms with Crippen LogP contribution in [-0.2, 0) is 0 Å². The van der Waals surface area contributed by atoms with Crippen LogP contribution in [0, 0.1) is 5.92 Å². The van der Waals surface area contributed by atoms with Gasteiger partial charge in [-0.15, -0.1) is 0 Å². The third kappa shape index (κ3) is 4.75. The van der Waals surface area contributed by atoms with E-state index < -0.39 is 0 Å². The molecular formula is C15H30N2S. The Hall–Kier alpha value is 0.270. The van der Waals surface area contributed by atoms with Crippen molar-refractivity contribution in [1.29, 1.82) is 0 Å². The lowest BCUT2D eigenvalue weighted by Crippen LogP contribution is -2.36. The number of nitrogens with one attached hydrogen (secondary N) is 1. The lowest BCUT2D eigenvalue weighted by atomic mass is 9.87.